The largest absolute Gasteiger partial charge is 0.361 e. The predicted molar refractivity (Wildman–Crippen MR) is 110 cm³/mol. The molecule has 1 aromatic rings. The maximum atomic E-state index is 5.23. The van der Waals surface area contributed by atoms with Gasteiger partial charge >= 0.3 is 0 Å². The molecule has 0 radical (unpaired) electrons. The summed E-state index contributed by atoms with van der Waals surface area (Å²) in [6.45, 7) is 11.7. The first-order chi connectivity index (χ1) is 11.0. The van der Waals surface area contributed by atoms with Crippen molar-refractivity contribution >= 4 is 29.9 Å². The maximum Gasteiger partial charge on any atom is 0.193 e. The summed E-state index contributed by atoms with van der Waals surface area (Å²) in [5.41, 5.74) is 2.63. The number of aryl methyl sites for hydroxylation is 2. The second kappa shape index (κ2) is 9.63. The maximum absolute atomic E-state index is 5.23. The Kier molecular flexibility index (Phi) is 8.53. The van der Waals surface area contributed by atoms with Gasteiger partial charge in [-0.15, -0.1) is 24.0 Å². The van der Waals surface area contributed by atoms with Crippen LogP contribution in [0.15, 0.2) is 9.52 Å². The summed E-state index contributed by atoms with van der Waals surface area (Å²) in [6, 6.07) is 0. The van der Waals surface area contributed by atoms with E-state index in [0.29, 0.717) is 5.41 Å². The standard InChI is InChI=1S/C18H32N4O.HI/c1-6-9-18(4)10-7-12-22(13-18)17(19-5)20-11-8-16-14(2)21-23-15(16)3;/h6-13H2,1-5H3,(H,19,20);1H. The molecule has 24 heavy (non-hydrogen) atoms. The highest BCUT2D eigenvalue weighted by Gasteiger charge is 2.31. The Morgan fingerprint density at radius 1 is 1.42 bits per heavy atom. The lowest BCUT2D eigenvalue weighted by Crippen LogP contribution is -2.50. The van der Waals surface area contributed by atoms with Crippen LogP contribution in [0.3, 0.4) is 0 Å². The van der Waals surface area contributed by atoms with Gasteiger partial charge in [-0.1, -0.05) is 25.4 Å². The first-order valence-corrected chi connectivity index (χ1v) is 8.86. The molecule has 0 aromatic carbocycles. The number of guanidine groups is 1. The Labute approximate surface area is 163 Å². The summed E-state index contributed by atoms with van der Waals surface area (Å²) in [4.78, 5) is 6.92. The number of rotatable bonds is 5. The van der Waals surface area contributed by atoms with Crippen LogP contribution in [0.4, 0.5) is 0 Å². The minimum atomic E-state index is 0. The molecule has 0 bridgehead atoms. The van der Waals surface area contributed by atoms with Crippen molar-refractivity contribution in [2.75, 3.05) is 26.7 Å². The number of halogens is 1. The number of piperidine rings is 1. The van der Waals surface area contributed by atoms with Crippen LogP contribution >= 0.6 is 24.0 Å². The molecule has 1 unspecified atom stereocenters. The summed E-state index contributed by atoms with van der Waals surface area (Å²) in [5, 5.41) is 7.54. The zero-order chi connectivity index (χ0) is 16.9. The van der Waals surface area contributed by atoms with Gasteiger partial charge in [0, 0.05) is 32.2 Å². The summed E-state index contributed by atoms with van der Waals surface area (Å²) in [7, 11) is 1.88. The summed E-state index contributed by atoms with van der Waals surface area (Å²) in [5.74, 6) is 1.95. The summed E-state index contributed by atoms with van der Waals surface area (Å²) < 4.78 is 5.23. The van der Waals surface area contributed by atoms with E-state index in [1.165, 1.54) is 31.2 Å². The van der Waals surface area contributed by atoms with E-state index in [1.807, 2.05) is 20.9 Å². The summed E-state index contributed by atoms with van der Waals surface area (Å²) >= 11 is 0. The molecule has 2 heterocycles. The van der Waals surface area contributed by atoms with E-state index in [9.17, 15) is 0 Å². The van der Waals surface area contributed by atoms with Crippen molar-refractivity contribution < 1.29 is 4.52 Å². The Morgan fingerprint density at radius 2 is 2.17 bits per heavy atom. The first kappa shape index (κ1) is 21.3. The van der Waals surface area contributed by atoms with Crippen LogP contribution in [0.1, 0.15) is 56.5 Å². The fraction of sp³-hybridized carbons (Fsp3) is 0.778. The number of hydrogen-bond acceptors (Lipinski definition) is 3. The average Bonchev–Trinajstić information content (AvgIpc) is 2.83. The normalized spacial score (nSPS) is 21.5. The lowest BCUT2D eigenvalue weighted by atomic mass is 9.78. The third-order valence-corrected chi connectivity index (χ3v) is 4.99. The first-order valence-electron chi connectivity index (χ1n) is 8.86. The molecule has 1 fully saturated rings. The number of aromatic nitrogens is 1. The molecule has 1 aliphatic heterocycles. The topological polar surface area (TPSA) is 53.7 Å². The highest BCUT2D eigenvalue weighted by Crippen LogP contribution is 2.33. The fourth-order valence-corrected chi connectivity index (χ4v) is 3.79. The smallest absolute Gasteiger partial charge is 0.193 e. The predicted octanol–water partition coefficient (Wildman–Crippen LogP) is 3.93. The lowest BCUT2D eigenvalue weighted by Gasteiger charge is -2.42. The Balaban J connectivity index is 0.00000288. The van der Waals surface area contributed by atoms with Crippen molar-refractivity contribution in [2.24, 2.45) is 10.4 Å². The van der Waals surface area contributed by atoms with E-state index in [4.69, 9.17) is 4.52 Å². The van der Waals surface area contributed by atoms with Crippen LogP contribution in [0.5, 0.6) is 0 Å². The molecule has 138 valence electrons. The molecule has 2 rings (SSSR count). The molecule has 0 spiro atoms. The van der Waals surface area contributed by atoms with E-state index in [2.05, 4.69) is 34.2 Å². The van der Waals surface area contributed by atoms with Gasteiger partial charge in [0.15, 0.2) is 5.96 Å². The minimum absolute atomic E-state index is 0. The molecule has 1 aromatic heterocycles. The van der Waals surface area contributed by atoms with Crippen molar-refractivity contribution in [3.8, 4) is 0 Å². The molecule has 0 saturated carbocycles. The van der Waals surface area contributed by atoms with Gasteiger partial charge in [0.2, 0.25) is 0 Å². The molecule has 0 aliphatic carbocycles. The molecule has 0 amide bonds. The molecule has 6 heteroatoms. The van der Waals surface area contributed by atoms with Gasteiger partial charge in [0.05, 0.1) is 5.69 Å². The van der Waals surface area contributed by atoms with Gasteiger partial charge in [0.25, 0.3) is 0 Å². The third-order valence-electron chi connectivity index (χ3n) is 4.99. The van der Waals surface area contributed by atoms with E-state index < -0.39 is 0 Å². The van der Waals surface area contributed by atoms with E-state index >= 15 is 0 Å². The SMILES string of the molecule is CCCC1(C)CCCN(C(=NC)NCCc2c(C)noc2C)C1.I. The molecule has 1 N–H and O–H groups in total. The van der Waals surface area contributed by atoms with Gasteiger partial charge in [-0.05, 0) is 44.9 Å². The Hall–Kier alpha value is -0.790. The number of nitrogens with zero attached hydrogens (tertiary/aromatic N) is 3. The van der Waals surface area contributed by atoms with Crippen LogP contribution < -0.4 is 5.32 Å². The molecular weight excluding hydrogens is 415 g/mol. The van der Waals surface area contributed by atoms with Crippen LogP contribution in [0.25, 0.3) is 0 Å². The monoisotopic (exact) mass is 448 g/mol. The van der Waals surface area contributed by atoms with Crippen molar-refractivity contribution in [3.63, 3.8) is 0 Å². The fourth-order valence-electron chi connectivity index (χ4n) is 3.79. The molecule has 1 atom stereocenters. The van der Waals surface area contributed by atoms with Crippen LogP contribution in [-0.4, -0.2) is 42.7 Å². The van der Waals surface area contributed by atoms with E-state index in [1.54, 1.807) is 0 Å². The van der Waals surface area contributed by atoms with Gasteiger partial charge in [-0.25, -0.2) is 0 Å². The zero-order valence-electron chi connectivity index (χ0n) is 15.8. The van der Waals surface area contributed by atoms with Gasteiger partial charge in [-0.3, -0.25) is 4.99 Å². The average molecular weight is 448 g/mol. The second-order valence-corrected chi connectivity index (χ2v) is 7.11. The van der Waals surface area contributed by atoms with Gasteiger partial charge in [0.1, 0.15) is 5.76 Å². The highest BCUT2D eigenvalue weighted by molar-refractivity contribution is 14.0. The Bertz CT molecular complexity index is 520. The zero-order valence-corrected chi connectivity index (χ0v) is 18.1. The van der Waals surface area contributed by atoms with Gasteiger partial charge in [-0.2, -0.15) is 0 Å². The van der Waals surface area contributed by atoms with Crippen molar-refractivity contribution in [3.05, 3.63) is 17.0 Å². The van der Waals surface area contributed by atoms with E-state index in [0.717, 1.165) is 43.5 Å². The molecule has 1 aliphatic rings. The molecule has 5 nitrogen and oxygen atoms in total. The quantitative estimate of drug-likeness (QED) is 0.422. The number of aliphatic imine (C=N–C) groups is 1. The third kappa shape index (κ3) is 5.36. The Morgan fingerprint density at radius 3 is 2.75 bits per heavy atom. The molecule has 1 saturated heterocycles. The van der Waals surface area contributed by atoms with Crippen molar-refractivity contribution in [1.82, 2.24) is 15.4 Å². The van der Waals surface area contributed by atoms with E-state index in [-0.39, 0.29) is 24.0 Å². The van der Waals surface area contributed by atoms with Crippen LogP contribution in [-0.2, 0) is 6.42 Å². The van der Waals surface area contributed by atoms with Gasteiger partial charge < -0.3 is 14.7 Å². The number of nitrogens with one attached hydrogen (secondary N) is 1. The van der Waals surface area contributed by atoms with Crippen LogP contribution in [0.2, 0.25) is 0 Å². The number of likely N-dealkylation sites (tertiary alicyclic amines) is 1. The lowest BCUT2D eigenvalue weighted by molar-refractivity contribution is 0.142. The minimum Gasteiger partial charge on any atom is -0.361 e. The van der Waals surface area contributed by atoms with Crippen molar-refractivity contribution in [2.45, 2.75) is 59.8 Å². The second-order valence-electron chi connectivity index (χ2n) is 7.11. The molecular formula is C18H33IN4O. The highest BCUT2D eigenvalue weighted by atomic mass is 127. The van der Waals surface area contributed by atoms with Crippen molar-refractivity contribution in [1.29, 1.82) is 0 Å². The summed E-state index contributed by atoms with van der Waals surface area (Å²) in [6.07, 6.45) is 6.04. The number of hydrogen-bond donors (Lipinski definition) is 1. The van der Waals surface area contributed by atoms with Crippen LogP contribution in [0, 0.1) is 19.3 Å².